The summed E-state index contributed by atoms with van der Waals surface area (Å²) in [5.41, 5.74) is 0.0688. The van der Waals surface area contributed by atoms with Gasteiger partial charge in [-0.15, -0.1) is 11.3 Å². The highest BCUT2D eigenvalue weighted by Crippen LogP contribution is 2.25. The molecular formula is C13H16N2O2S. The highest BCUT2D eigenvalue weighted by Gasteiger charge is 2.22. The minimum atomic E-state index is -0.286. The van der Waals surface area contributed by atoms with Crippen LogP contribution in [0.3, 0.4) is 0 Å². The minimum Gasteiger partial charge on any atom is -0.440 e. The maximum atomic E-state index is 12.0. The van der Waals surface area contributed by atoms with Crippen LogP contribution in [0, 0.1) is 6.92 Å². The molecule has 0 atom stereocenters. The average molecular weight is 264 g/mol. The topological polar surface area (TPSA) is 55.1 Å². The summed E-state index contributed by atoms with van der Waals surface area (Å²) in [5.74, 6) is 0.841. The molecule has 2 rings (SSSR count). The van der Waals surface area contributed by atoms with Crippen molar-refractivity contribution in [3.63, 3.8) is 0 Å². The molecule has 96 valence electrons. The van der Waals surface area contributed by atoms with Crippen LogP contribution < -0.4 is 5.32 Å². The highest BCUT2D eigenvalue weighted by molar-refractivity contribution is 7.13. The molecular weight excluding hydrogens is 248 g/mol. The van der Waals surface area contributed by atoms with Crippen LogP contribution in [0.5, 0.6) is 0 Å². The summed E-state index contributed by atoms with van der Waals surface area (Å²) in [6.07, 6.45) is 0. The summed E-state index contributed by atoms with van der Waals surface area (Å²) in [7, 11) is 0. The number of hydrogen-bond donors (Lipinski definition) is 1. The van der Waals surface area contributed by atoms with Gasteiger partial charge in [-0.3, -0.25) is 4.79 Å². The maximum Gasteiger partial charge on any atom is 0.273 e. The van der Waals surface area contributed by atoms with Gasteiger partial charge in [0.1, 0.15) is 5.76 Å². The van der Waals surface area contributed by atoms with Crippen molar-refractivity contribution < 1.29 is 9.21 Å². The van der Waals surface area contributed by atoms with E-state index in [9.17, 15) is 4.79 Å². The van der Waals surface area contributed by atoms with Gasteiger partial charge in [0.25, 0.3) is 5.91 Å². The van der Waals surface area contributed by atoms with Gasteiger partial charge in [-0.25, -0.2) is 4.98 Å². The van der Waals surface area contributed by atoms with Crippen molar-refractivity contribution in [2.75, 3.05) is 0 Å². The van der Waals surface area contributed by atoms with Crippen molar-refractivity contribution in [3.8, 4) is 10.8 Å². The van der Waals surface area contributed by atoms with E-state index in [0.717, 1.165) is 4.88 Å². The van der Waals surface area contributed by atoms with E-state index in [1.54, 1.807) is 6.92 Å². The fourth-order valence-corrected chi connectivity index (χ4v) is 2.16. The van der Waals surface area contributed by atoms with Crippen LogP contribution in [0.15, 0.2) is 21.9 Å². The number of amides is 1. The number of rotatable bonds is 2. The fourth-order valence-electron chi connectivity index (χ4n) is 1.51. The number of thiophene rings is 1. The van der Waals surface area contributed by atoms with Gasteiger partial charge in [0.2, 0.25) is 5.89 Å². The number of aryl methyl sites for hydroxylation is 1. The largest absolute Gasteiger partial charge is 0.440 e. The van der Waals surface area contributed by atoms with E-state index in [-0.39, 0.29) is 11.4 Å². The number of carbonyl (C=O) groups is 1. The zero-order chi connectivity index (χ0) is 13.3. The Hall–Kier alpha value is -1.62. The van der Waals surface area contributed by atoms with Crippen molar-refractivity contribution in [2.45, 2.75) is 33.2 Å². The smallest absolute Gasteiger partial charge is 0.273 e. The number of oxazole rings is 1. The predicted octanol–water partition coefficient (Wildman–Crippen LogP) is 3.24. The van der Waals surface area contributed by atoms with Crippen LogP contribution >= 0.6 is 11.3 Å². The van der Waals surface area contributed by atoms with E-state index in [2.05, 4.69) is 10.3 Å². The molecule has 0 fully saturated rings. The van der Waals surface area contributed by atoms with Crippen LogP contribution in [-0.2, 0) is 0 Å². The molecule has 0 saturated heterocycles. The van der Waals surface area contributed by atoms with E-state index < -0.39 is 0 Å². The number of aromatic nitrogens is 1. The minimum absolute atomic E-state index is 0.202. The van der Waals surface area contributed by atoms with Gasteiger partial charge in [0, 0.05) is 5.54 Å². The van der Waals surface area contributed by atoms with Crippen LogP contribution in [-0.4, -0.2) is 16.4 Å². The Kier molecular flexibility index (Phi) is 3.26. The van der Waals surface area contributed by atoms with Gasteiger partial charge in [0.15, 0.2) is 5.69 Å². The third kappa shape index (κ3) is 2.79. The summed E-state index contributed by atoms with van der Waals surface area (Å²) < 4.78 is 5.53. The molecule has 1 amide bonds. The molecule has 2 heterocycles. The van der Waals surface area contributed by atoms with Gasteiger partial charge in [-0.05, 0) is 39.1 Å². The van der Waals surface area contributed by atoms with Crippen molar-refractivity contribution in [2.24, 2.45) is 0 Å². The zero-order valence-electron chi connectivity index (χ0n) is 10.9. The third-order valence-corrected chi connectivity index (χ3v) is 3.09. The lowest BCUT2D eigenvalue weighted by Crippen LogP contribution is -2.41. The second kappa shape index (κ2) is 4.57. The summed E-state index contributed by atoms with van der Waals surface area (Å²) in [6.45, 7) is 7.54. The summed E-state index contributed by atoms with van der Waals surface area (Å²) in [4.78, 5) is 17.2. The van der Waals surface area contributed by atoms with Crippen LogP contribution in [0.25, 0.3) is 10.8 Å². The Morgan fingerprint density at radius 1 is 1.44 bits per heavy atom. The average Bonchev–Trinajstić information content (AvgIpc) is 2.82. The van der Waals surface area contributed by atoms with Crippen molar-refractivity contribution in [3.05, 3.63) is 29.0 Å². The Morgan fingerprint density at radius 2 is 2.17 bits per heavy atom. The molecule has 0 spiro atoms. The van der Waals surface area contributed by atoms with Crippen LogP contribution in [0.1, 0.15) is 37.0 Å². The number of hydrogen-bond acceptors (Lipinski definition) is 4. The number of carbonyl (C=O) groups excluding carboxylic acids is 1. The van der Waals surface area contributed by atoms with Gasteiger partial charge >= 0.3 is 0 Å². The van der Waals surface area contributed by atoms with Crippen molar-refractivity contribution in [1.82, 2.24) is 10.3 Å². The quantitative estimate of drug-likeness (QED) is 0.906. The molecule has 0 aliphatic rings. The first kappa shape index (κ1) is 12.8. The zero-order valence-corrected chi connectivity index (χ0v) is 11.7. The summed E-state index contributed by atoms with van der Waals surface area (Å²) in [5, 5.41) is 4.83. The lowest BCUT2D eigenvalue weighted by molar-refractivity contribution is 0.0913. The van der Waals surface area contributed by atoms with Gasteiger partial charge < -0.3 is 9.73 Å². The predicted molar refractivity (Wildman–Crippen MR) is 71.8 cm³/mol. The van der Waals surface area contributed by atoms with E-state index >= 15 is 0 Å². The summed E-state index contributed by atoms with van der Waals surface area (Å²) in [6, 6.07) is 3.84. The van der Waals surface area contributed by atoms with Gasteiger partial charge in [0.05, 0.1) is 4.88 Å². The van der Waals surface area contributed by atoms with E-state index in [4.69, 9.17) is 4.42 Å². The first-order chi connectivity index (χ1) is 8.37. The van der Waals surface area contributed by atoms with Crippen LogP contribution in [0.4, 0.5) is 0 Å². The Labute approximate surface area is 110 Å². The molecule has 0 saturated carbocycles. The maximum absolute atomic E-state index is 12.0. The first-order valence-corrected chi connectivity index (χ1v) is 6.58. The second-order valence-corrected chi connectivity index (χ2v) is 6.05. The van der Waals surface area contributed by atoms with E-state index in [0.29, 0.717) is 17.3 Å². The Morgan fingerprint density at radius 3 is 2.72 bits per heavy atom. The monoisotopic (exact) mass is 264 g/mol. The summed E-state index contributed by atoms with van der Waals surface area (Å²) >= 11 is 1.53. The first-order valence-electron chi connectivity index (χ1n) is 5.70. The lowest BCUT2D eigenvalue weighted by atomic mass is 10.1. The Balaban J connectivity index is 2.27. The van der Waals surface area contributed by atoms with E-state index in [1.807, 2.05) is 38.3 Å². The molecule has 0 aliphatic heterocycles. The number of nitrogens with zero attached hydrogens (tertiary/aromatic N) is 1. The molecule has 0 aromatic carbocycles. The van der Waals surface area contributed by atoms with Crippen LogP contribution in [0.2, 0.25) is 0 Å². The van der Waals surface area contributed by atoms with Gasteiger partial charge in [-0.2, -0.15) is 0 Å². The standard InChI is InChI=1S/C13H16N2O2S/c1-8-10(11(16)15-13(2,3)4)14-12(17-8)9-6-5-7-18-9/h5-7H,1-4H3,(H,15,16). The molecule has 0 bridgehead atoms. The molecule has 5 heteroatoms. The van der Waals surface area contributed by atoms with Crippen molar-refractivity contribution in [1.29, 1.82) is 0 Å². The molecule has 2 aromatic rings. The SMILES string of the molecule is Cc1oc(-c2cccs2)nc1C(=O)NC(C)(C)C. The fraction of sp³-hybridized carbons (Fsp3) is 0.385. The van der Waals surface area contributed by atoms with E-state index in [1.165, 1.54) is 11.3 Å². The molecule has 1 N–H and O–H groups in total. The molecule has 0 unspecified atom stereocenters. The normalized spacial score (nSPS) is 11.6. The van der Waals surface area contributed by atoms with Crippen molar-refractivity contribution >= 4 is 17.2 Å². The second-order valence-electron chi connectivity index (χ2n) is 5.11. The molecule has 18 heavy (non-hydrogen) atoms. The molecule has 0 radical (unpaired) electrons. The lowest BCUT2D eigenvalue weighted by Gasteiger charge is -2.19. The third-order valence-electron chi connectivity index (χ3n) is 2.23. The molecule has 4 nitrogen and oxygen atoms in total. The Bertz CT molecular complexity index is 550. The van der Waals surface area contributed by atoms with Gasteiger partial charge in [-0.1, -0.05) is 6.07 Å². The highest BCUT2D eigenvalue weighted by atomic mass is 32.1. The number of nitrogens with one attached hydrogen (secondary N) is 1. The molecule has 2 aromatic heterocycles. The molecule has 0 aliphatic carbocycles.